The lowest BCUT2D eigenvalue weighted by Crippen LogP contribution is -1.94. The zero-order valence-electron chi connectivity index (χ0n) is 10.7. The largest absolute Gasteiger partial charge is 0.0683 e. The lowest BCUT2D eigenvalue weighted by Gasteiger charge is -2.12. The third-order valence-corrected chi connectivity index (χ3v) is 2.50. The fourth-order valence-corrected chi connectivity index (χ4v) is 1.60. The predicted octanol–water partition coefficient (Wildman–Crippen LogP) is 4.76. The summed E-state index contributed by atoms with van der Waals surface area (Å²) in [6.07, 6.45) is 0. The van der Waals surface area contributed by atoms with Gasteiger partial charge in [0.05, 0.1) is 0 Å². The molecule has 0 heterocycles. The van der Waals surface area contributed by atoms with Gasteiger partial charge in [-0.15, -0.1) is 0 Å². The first-order valence-electron chi connectivity index (χ1n) is 5.60. The van der Waals surface area contributed by atoms with Crippen LogP contribution in [0.3, 0.4) is 0 Å². The third kappa shape index (κ3) is 3.17. The standard InChI is InChI=1S/C12H18.C2H6/c1-8(2)12-7-10(4)9(3)6-11(12)5;1-2/h6-8H,1-5H3;1-2H3. The molecule has 0 radical (unpaired) electrons. The van der Waals surface area contributed by atoms with Gasteiger partial charge in [0.25, 0.3) is 0 Å². The first kappa shape index (κ1) is 13.2. The molecule has 0 nitrogen and oxygen atoms in total. The van der Waals surface area contributed by atoms with Crippen molar-refractivity contribution in [2.45, 2.75) is 54.4 Å². The lowest BCUT2D eigenvalue weighted by atomic mass is 9.94. The second kappa shape index (κ2) is 5.85. The van der Waals surface area contributed by atoms with E-state index >= 15 is 0 Å². The summed E-state index contributed by atoms with van der Waals surface area (Å²) < 4.78 is 0. The fraction of sp³-hybridized carbons (Fsp3) is 0.571. The van der Waals surface area contributed by atoms with E-state index in [9.17, 15) is 0 Å². The van der Waals surface area contributed by atoms with Gasteiger partial charge >= 0.3 is 0 Å². The molecule has 1 aromatic rings. The molecule has 0 N–H and O–H groups in total. The normalized spacial score (nSPS) is 9.71. The number of rotatable bonds is 1. The SMILES string of the molecule is CC.Cc1cc(C)c(C(C)C)cc1C. The highest BCUT2D eigenvalue weighted by Crippen LogP contribution is 2.22. The third-order valence-electron chi connectivity index (χ3n) is 2.50. The minimum absolute atomic E-state index is 0.643. The quantitative estimate of drug-likeness (QED) is 0.601. The van der Waals surface area contributed by atoms with Crippen LogP contribution < -0.4 is 0 Å². The Labute approximate surface area is 89.4 Å². The van der Waals surface area contributed by atoms with E-state index in [0.717, 1.165) is 0 Å². The van der Waals surface area contributed by atoms with Crippen LogP contribution in [-0.2, 0) is 0 Å². The summed E-state index contributed by atoms with van der Waals surface area (Å²) in [6.45, 7) is 15.0. The second-order valence-electron chi connectivity index (χ2n) is 3.95. The molecule has 0 atom stereocenters. The monoisotopic (exact) mass is 192 g/mol. The first-order valence-corrected chi connectivity index (χ1v) is 5.60. The van der Waals surface area contributed by atoms with Gasteiger partial charge in [-0.25, -0.2) is 0 Å². The molecule has 0 amide bonds. The Kier molecular flexibility index (Phi) is 5.52. The van der Waals surface area contributed by atoms with Gasteiger partial charge in [-0.3, -0.25) is 0 Å². The van der Waals surface area contributed by atoms with Gasteiger partial charge in [0.1, 0.15) is 0 Å². The second-order valence-corrected chi connectivity index (χ2v) is 3.95. The fourth-order valence-electron chi connectivity index (χ4n) is 1.60. The molecular formula is C14H24. The van der Waals surface area contributed by atoms with Crippen LogP contribution in [0.25, 0.3) is 0 Å². The molecule has 0 spiro atoms. The molecule has 1 aromatic carbocycles. The van der Waals surface area contributed by atoms with Crippen LogP contribution >= 0.6 is 0 Å². The van der Waals surface area contributed by atoms with Crippen LogP contribution in [0, 0.1) is 20.8 Å². The van der Waals surface area contributed by atoms with Crippen molar-refractivity contribution in [2.24, 2.45) is 0 Å². The van der Waals surface area contributed by atoms with Crippen molar-refractivity contribution in [3.63, 3.8) is 0 Å². The van der Waals surface area contributed by atoms with Crippen LogP contribution in [0.15, 0.2) is 12.1 Å². The summed E-state index contributed by atoms with van der Waals surface area (Å²) >= 11 is 0. The molecule has 0 aliphatic heterocycles. The minimum Gasteiger partial charge on any atom is -0.0683 e. The molecule has 0 aliphatic rings. The summed E-state index contributed by atoms with van der Waals surface area (Å²) in [4.78, 5) is 0. The molecule has 80 valence electrons. The highest BCUT2D eigenvalue weighted by atomic mass is 14.1. The molecule has 1 rings (SSSR count). The molecule has 0 aliphatic carbocycles. The van der Waals surface area contributed by atoms with E-state index in [1.807, 2.05) is 13.8 Å². The average Bonchev–Trinajstić information content (AvgIpc) is 2.14. The minimum atomic E-state index is 0.643. The van der Waals surface area contributed by atoms with Crippen molar-refractivity contribution in [3.8, 4) is 0 Å². The highest BCUT2D eigenvalue weighted by Gasteiger charge is 2.04. The Morgan fingerprint density at radius 2 is 1.21 bits per heavy atom. The van der Waals surface area contributed by atoms with Gasteiger partial charge in [0.2, 0.25) is 0 Å². The van der Waals surface area contributed by atoms with Crippen LogP contribution in [-0.4, -0.2) is 0 Å². The lowest BCUT2D eigenvalue weighted by molar-refractivity contribution is 0.853. The van der Waals surface area contributed by atoms with Gasteiger partial charge in [0.15, 0.2) is 0 Å². The van der Waals surface area contributed by atoms with Crippen molar-refractivity contribution in [3.05, 3.63) is 34.4 Å². The molecule has 0 unspecified atom stereocenters. The summed E-state index contributed by atoms with van der Waals surface area (Å²) in [7, 11) is 0. The van der Waals surface area contributed by atoms with Crippen molar-refractivity contribution >= 4 is 0 Å². The summed E-state index contributed by atoms with van der Waals surface area (Å²) in [5.74, 6) is 0.643. The smallest absolute Gasteiger partial charge is 0.0216 e. The van der Waals surface area contributed by atoms with E-state index in [1.165, 1.54) is 22.3 Å². The van der Waals surface area contributed by atoms with Gasteiger partial charge < -0.3 is 0 Å². The van der Waals surface area contributed by atoms with E-state index in [1.54, 1.807) is 0 Å². The maximum Gasteiger partial charge on any atom is -0.0216 e. The Hall–Kier alpha value is -0.780. The number of aryl methyl sites for hydroxylation is 3. The van der Waals surface area contributed by atoms with Crippen LogP contribution in [0.4, 0.5) is 0 Å². The maximum atomic E-state index is 2.31. The zero-order valence-corrected chi connectivity index (χ0v) is 10.7. The number of hydrogen-bond donors (Lipinski definition) is 0. The number of hydrogen-bond acceptors (Lipinski definition) is 0. The van der Waals surface area contributed by atoms with Crippen molar-refractivity contribution in [1.82, 2.24) is 0 Å². The molecule has 0 aromatic heterocycles. The highest BCUT2D eigenvalue weighted by molar-refractivity contribution is 5.37. The Morgan fingerprint density at radius 1 is 0.786 bits per heavy atom. The van der Waals surface area contributed by atoms with Crippen molar-refractivity contribution < 1.29 is 0 Å². The summed E-state index contributed by atoms with van der Waals surface area (Å²) in [5.41, 5.74) is 5.72. The molecule has 0 saturated heterocycles. The molecular weight excluding hydrogens is 168 g/mol. The van der Waals surface area contributed by atoms with Crippen LogP contribution in [0.2, 0.25) is 0 Å². The molecule has 14 heavy (non-hydrogen) atoms. The average molecular weight is 192 g/mol. The Morgan fingerprint density at radius 3 is 1.64 bits per heavy atom. The van der Waals surface area contributed by atoms with Gasteiger partial charge in [0, 0.05) is 0 Å². The predicted molar refractivity (Wildman–Crippen MR) is 66.1 cm³/mol. The van der Waals surface area contributed by atoms with Gasteiger partial charge in [-0.05, 0) is 48.9 Å². The topological polar surface area (TPSA) is 0 Å². The zero-order chi connectivity index (χ0) is 11.3. The molecule has 0 fully saturated rings. The Bertz CT molecular complexity index is 282. The maximum absolute atomic E-state index is 2.31. The van der Waals surface area contributed by atoms with E-state index < -0.39 is 0 Å². The number of benzene rings is 1. The van der Waals surface area contributed by atoms with Gasteiger partial charge in [-0.1, -0.05) is 39.8 Å². The molecule has 0 heteroatoms. The summed E-state index contributed by atoms with van der Waals surface area (Å²) in [6, 6.07) is 4.60. The van der Waals surface area contributed by atoms with E-state index in [0.29, 0.717) is 5.92 Å². The van der Waals surface area contributed by atoms with Gasteiger partial charge in [-0.2, -0.15) is 0 Å². The summed E-state index contributed by atoms with van der Waals surface area (Å²) in [5, 5.41) is 0. The first-order chi connectivity index (χ1) is 6.52. The van der Waals surface area contributed by atoms with E-state index in [-0.39, 0.29) is 0 Å². The van der Waals surface area contributed by atoms with E-state index in [4.69, 9.17) is 0 Å². The van der Waals surface area contributed by atoms with Crippen LogP contribution in [0.5, 0.6) is 0 Å². The van der Waals surface area contributed by atoms with E-state index in [2.05, 4.69) is 46.8 Å². The van der Waals surface area contributed by atoms with Crippen molar-refractivity contribution in [1.29, 1.82) is 0 Å². The van der Waals surface area contributed by atoms with Crippen LogP contribution in [0.1, 0.15) is 55.9 Å². The molecule has 0 bridgehead atoms. The Balaban J connectivity index is 0.000000791. The van der Waals surface area contributed by atoms with Crippen molar-refractivity contribution in [2.75, 3.05) is 0 Å². The molecule has 0 saturated carbocycles.